The van der Waals surface area contributed by atoms with Gasteiger partial charge in [0.05, 0.1) is 6.61 Å². The standard InChI is InChI=1S/C15H21N3O3/c16-17-15(20)13-6-8-18(9-7-13)14(19)11-21-10-12-4-2-1-3-5-12/h1-5,13H,6-11,16H2,(H,17,20). The highest BCUT2D eigenvalue weighted by atomic mass is 16.5. The van der Waals surface area contributed by atoms with Crippen molar-refractivity contribution in [2.24, 2.45) is 11.8 Å². The summed E-state index contributed by atoms with van der Waals surface area (Å²) in [5, 5.41) is 0. The van der Waals surface area contributed by atoms with E-state index in [1.807, 2.05) is 30.3 Å². The maximum absolute atomic E-state index is 12.0. The third kappa shape index (κ3) is 4.54. The van der Waals surface area contributed by atoms with Gasteiger partial charge in [0.25, 0.3) is 0 Å². The van der Waals surface area contributed by atoms with Crippen LogP contribution in [0.25, 0.3) is 0 Å². The summed E-state index contributed by atoms with van der Waals surface area (Å²) >= 11 is 0. The summed E-state index contributed by atoms with van der Waals surface area (Å²) in [6, 6.07) is 9.74. The van der Waals surface area contributed by atoms with E-state index < -0.39 is 0 Å². The number of rotatable bonds is 5. The fourth-order valence-corrected chi connectivity index (χ4v) is 2.43. The third-order valence-electron chi connectivity index (χ3n) is 3.70. The van der Waals surface area contributed by atoms with Crippen molar-refractivity contribution >= 4 is 11.8 Å². The first-order chi connectivity index (χ1) is 10.2. The predicted molar refractivity (Wildman–Crippen MR) is 77.7 cm³/mol. The summed E-state index contributed by atoms with van der Waals surface area (Å²) in [6.07, 6.45) is 1.29. The van der Waals surface area contributed by atoms with E-state index in [0.717, 1.165) is 5.56 Å². The van der Waals surface area contributed by atoms with Crippen molar-refractivity contribution in [2.75, 3.05) is 19.7 Å². The third-order valence-corrected chi connectivity index (χ3v) is 3.70. The summed E-state index contributed by atoms with van der Waals surface area (Å²) in [5.74, 6) is 4.84. The molecule has 0 unspecified atom stereocenters. The molecule has 0 spiro atoms. The molecule has 0 saturated carbocycles. The monoisotopic (exact) mass is 291 g/mol. The second kappa shape index (κ2) is 7.75. The van der Waals surface area contributed by atoms with Crippen LogP contribution >= 0.6 is 0 Å². The van der Waals surface area contributed by atoms with Crippen LogP contribution in [0.5, 0.6) is 0 Å². The second-order valence-corrected chi connectivity index (χ2v) is 5.14. The van der Waals surface area contributed by atoms with Crippen LogP contribution in [0.15, 0.2) is 30.3 Å². The highest BCUT2D eigenvalue weighted by molar-refractivity contribution is 5.80. The van der Waals surface area contributed by atoms with Gasteiger partial charge in [-0.15, -0.1) is 0 Å². The molecule has 6 nitrogen and oxygen atoms in total. The van der Waals surface area contributed by atoms with Crippen molar-refractivity contribution in [3.05, 3.63) is 35.9 Å². The van der Waals surface area contributed by atoms with Crippen LogP contribution in [0.2, 0.25) is 0 Å². The average Bonchev–Trinajstić information content (AvgIpc) is 2.55. The van der Waals surface area contributed by atoms with Gasteiger partial charge in [0.1, 0.15) is 6.61 Å². The maximum atomic E-state index is 12.0. The van der Waals surface area contributed by atoms with Crippen LogP contribution in [0, 0.1) is 5.92 Å². The van der Waals surface area contributed by atoms with Crippen molar-refractivity contribution in [3.63, 3.8) is 0 Å². The maximum Gasteiger partial charge on any atom is 0.248 e. The quantitative estimate of drug-likeness (QED) is 0.468. The van der Waals surface area contributed by atoms with E-state index in [9.17, 15) is 9.59 Å². The van der Waals surface area contributed by atoms with Crippen LogP contribution < -0.4 is 11.3 Å². The first-order valence-electron chi connectivity index (χ1n) is 7.10. The van der Waals surface area contributed by atoms with Crippen LogP contribution in [-0.4, -0.2) is 36.4 Å². The van der Waals surface area contributed by atoms with E-state index in [4.69, 9.17) is 10.6 Å². The molecule has 3 N–H and O–H groups in total. The zero-order valence-electron chi connectivity index (χ0n) is 12.0. The number of nitrogens with one attached hydrogen (secondary N) is 1. The minimum absolute atomic E-state index is 0.0301. The lowest BCUT2D eigenvalue weighted by molar-refractivity contribution is -0.140. The Bertz CT molecular complexity index is 470. The van der Waals surface area contributed by atoms with Crippen LogP contribution in [0.3, 0.4) is 0 Å². The molecule has 1 aliphatic heterocycles. The molecule has 0 radical (unpaired) electrons. The number of benzene rings is 1. The number of carbonyl (C=O) groups is 2. The van der Waals surface area contributed by atoms with Gasteiger partial charge in [0.15, 0.2) is 0 Å². The largest absolute Gasteiger partial charge is 0.367 e. The smallest absolute Gasteiger partial charge is 0.248 e. The van der Waals surface area contributed by atoms with Crippen LogP contribution in [0.1, 0.15) is 18.4 Å². The molecule has 1 heterocycles. The molecule has 0 aliphatic carbocycles. The number of likely N-dealkylation sites (tertiary alicyclic amines) is 1. The lowest BCUT2D eigenvalue weighted by atomic mass is 9.96. The first kappa shape index (κ1) is 15.5. The summed E-state index contributed by atoms with van der Waals surface area (Å²) in [4.78, 5) is 25.2. The molecular formula is C15H21N3O3. The number of nitrogens with two attached hydrogens (primary N) is 1. The average molecular weight is 291 g/mol. The Morgan fingerprint density at radius 1 is 1.24 bits per heavy atom. The molecule has 21 heavy (non-hydrogen) atoms. The van der Waals surface area contributed by atoms with Gasteiger partial charge in [0, 0.05) is 19.0 Å². The molecular weight excluding hydrogens is 270 g/mol. The summed E-state index contributed by atoms with van der Waals surface area (Å²) < 4.78 is 5.44. The molecule has 0 aromatic heterocycles. The first-order valence-corrected chi connectivity index (χ1v) is 7.10. The number of hydrazine groups is 1. The molecule has 2 amide bonds. The van der Waals surface area contributed by atoms with Gasteiger partial charge >= 0.3 is 0 Å². The number of nitrogens with zero attached hydrogens (tertiary/aromatic N) is 1. The highest BCUT2D eigenvalue weighted by Gasteiger charge is 2.26. The van der Waals surface area contributed by atoms with Gasteiger partial charge in [0.2, 0.25) is 11.8 Å². The second-order valence-electron chi connectivity index (χ2n) is 5.14. The summed E-state index contributed by atoms with van der Waals surface area (Å²) in [6.45, 7) is 1.65. The number of amides is 2. The molecule has 1 saturated heterocycles. The minimum Gasteiger partial charge on any atom is -0.367 e. The van der Waals surface area contributed by atoms with Gasteiger partial charge < -0.3 is 9.64 Å². The number of hydrogen-bond acceptors (Lipinski definition) is 4. The van der Waals surface area contributed by atoms with Crippen molar-refractivity contribution < 1.29 is 14.3 Å². The zero-order chi connectivity index (χ0) is 15.1. The highest BCUT2D eigenvalue weighted by Crippen LogP contribution is 2.17. The van der Waals surface area contributed by atoms with E-state index in [0.29, 0.717) is 32.5 Å². The van der Waals surface area contributed by atoms with E-state index in [1.54, 1.807) is 4.90 Å². The topological polar surface area (TPSA) is 84.7 Å². The van der Waals surface area contributed by atoms with Crippen molar-refractivity contribution in [1.29, 1.82) is 0 Å². The Balaban J connectivity index is 1.69. The van der Waals surface area contributed by atoms with Crippen LogP contribution in [-0.2, 0) is 20.9 Å². The molecule has 1 fully saturated rings. The van der Waals surface area contributed by atoms with Crippen LogP contribution in [0.4, 0.5) is 0 Å². The van der Waals surface area contributed by atoms with Gasteiger partial charge in [-0.25, -0.2) is 5.84 Å². The van der Waals surface area contributed by atoms with Crippen molar-refractivity contribution in [2.45, 2.75) is 19.4 Å². The Labute approximate surface area is 124 Å². The van der Waals surface area contributed by atoms with Crippen molar-refractivity contribution in [1.82, 2.24) is 10.3 Å². The molecule has 114 valence electrons. The molecule has 1 aromatic carbocycles. The minimum atomic E-state index is -0.151. The normalized spacial score (nSPS) is 15.8. The van der Waals surface area contributed by atoms with Crippen molar-refractivity contribution in [3.8, 4) is 0 Å². The van der Waals surface area contributed by atoms with E-state index >= 15 is 0 Å². The van der Waals surface area contributed by atoms with E-state index in [1.165, 1.54) is 0 Å². The fourth-order valence-electron chi connectivity index (χ4n) is 2.43. The molecule has 1 aromatic rings. The zero-order valence-corrected chi connectivity index (χ0v) is 12.0. The van der Waals surface area contributed by atoms with Gasteiger partial charge in [-0.3, -0.25) is 15.0 Å². The Morgan fingerprint density at radius 3 is 2.52 bits per heavy atom. The lowest BCUT2D eigenvalue weighted by Gasteiger charge is -2.30. The SMILES string of the molecule is NNC(=O)C1CCN(C(=O)COCc2ccccc2)CC1. The number of hydrogen-bond donors (Lipinski definition) is 2. The Morgan fingerprint density at radius 2 is 1.90 bits per heavy atom. The lowest BCUT2D eigenvalue weighted by Crippen LogP contribution is -2.45. The molecule has 2 rings (SSSR count). The van der Waals surface area contributed by atoms with Gasteiger partial charge in [-0.2, -0.15) is 0 Å². The molecule has 6 heteroatoms. The molecule has 0 bridgehead atoms. The molecule has 1 aliphatic rings. The van der Waals surface area contributed by atoms with Gasteiger partial charge in [-0.05, 0) is 18.4 Å². The summed E-state index contributed by atoms with van der Waals surface area (Å²) in [5.41, 5.74) is 3.21. The Kier molecular flexibility index (Phi) is 5.71. The fraction of sp³-hybridized carbons (Fsp3) is 0.467. The van der Waals surface area contributed by atoms with E-state index in [2.05, 4.69) is 5.43 Å². The predicted octanol–water partition coefficient (Wildman–Crippen LogP) is 0.432. The number of piperidine rings is 1. The summed E-state index contributed by atoms with van der Waals surface area (Å²) in [7, 11) is 0. The number of carbonyl (C=O) groups excluding carboxylic acids is 2. The molecule has 0 atom stereocenters. The van der Waals surface area contributed by atoms with Gasteiger partial charge in [-0.1, -0.05) is 30.3 Å². The van der Waals surface area contributed by atoms with E-state index in [-0.39, 0.29) is 24.3 Å². The number of ether oxygens (including phenoxy) is 1. The Hall–Kier alpha value is -1.92.